The van der Waals surface area contributed by atoms with Crippen LogP contribution in [0.3, 0.4) is 0 Å². The van der Waals surface area contributed by atoms with Crippen LogP contribution >= 0.6 is 0 Å². The zero-order chi connectivity index (χ0) is 11.5. The molecule has 2 rings (SSSR count). The van der Waals surface area contributed by atoms with Gasteiger partial charge >= 0.3 is 0 Å². The monoisotopic (exact) mass is 209 g/mol. The summed E-state index contributed by atoms with van der Waals surface area (Å²) in [5, 5.41) is 8.79. The smallest absolute Gasteiger partial charge is 0.123 e. The van der Waals surface area contributed by atoms with Crippen LogP contribution in [0.25, 0.3) is 11.1 Å². The van der Waals surface area contributed by atoms with Crippen LogP contribution in [-0.2, 0) is 0 Å². The number of nitrogen functional groups attached to an aromatic ring is 1. The number of rotatable bonds is 1. The molecule has 0 aliphatic carbocycles. The Hall–Kier alpha value is -2.34. The third kappa shape index (κ3) is 1.86. The lowest BCUT2D eigenvalue weighted by atomic mass is 9.99. The summed E-state index contributed by atoms with van der Waals surface area (Å²) in [4.78, 5) is 3.95. The van der Waals surface area contributed by atoms with Gasteiger partial charge in [-0.3, -0.25) is 0 Å². The maximum atomic E-state index is 8.79. The van der Waals surface area contributed by atoms with Crippen molar-refractivity contribution in [3.05, 3.63) is 47.7 Å². The van der Waals surface area contributed by atoms with E-state index in [4.69, 9.17) is 11.0 Å². The van der Waals surface area contributed by atoms with Gasteiger partial charge in [0.05, 0.1) is 11.6 Å². The predicted molar refractivity (Wildman–Crippen MR) is 63.5 cm³/mol. The Morgan fingerprint density at radius 2 is 2.06 bits per heavy atom. The molecule has 0 bridgehead atoms. The zero-order valence-corrected chi connectivity index (χ0v) is 8.94. The number of aryl methyl sites for hydroxylation is 1. The molecule has 1 aromatic carbocycles. The molecule has 0 radical (unpaired) electrons. The summed E-state index contributed by atoms with van der Waals surface area (Å²) in [5.74, 6) is 0.501. The minimum absolute atomic E-state index is 0.501. The lowest BCUT2D eigenvalue weighted by molar-refractivity contribution is 1.33. The molecule has 0 fully saturated rings. The number of anilines is 1. The van der Waals surface area contributed by atoms with E-state index in [2.05, 4.69) is 11.1 Å². The van der Waals surface area contributed by atoms with Crippen LogP contribution in [0.15, 0.2) is 36.5 Å². The van der Waals surface area contributed by atoms with Crippen molar-refractivity contribution in [3.8, 4) is 17.2 Å². The fourth-order valence-corrected chi connectivity index (χ4v) is 1.67. The van der Waals surface area contributed by atoms with Gasteiger partial charge in [-0.2, -0.15) is 5.26 Å². The van der Waals surface area contributed by atoms with Crippen molar-refractivity contribution in [1.29, 1.82) is 5.26 Å². The van der Waals surface area contributed by atoms with Crippen molar-refractivity contribution < 1.29 is 0 Å². The molecule has 0 saturated heterocycles. The summed E-state index contributed by atoms with van der Waals surface area (Å²) in [6.45, 7) is 1.98. The van der Waals surface area contributed by atoms with E-state index in [1.807, 2.05) is 31.2 Å². The van der Waals surface area contributed by atoms with Crippen LogP contribution < -0.4 is 5.73 Å². The third-order valence-electron chi connectivity index (χ3n) is 2.45. The summed E-state index contributed by atoms with van der Waals surface area (Å²) in [6.07, 6.45) is 1.68. The van der Waals surface area contributed by atoms with Crippen molar-refractivity contribution >= 4 is 5.82 Å². The molecule has 2 aromatic rings. The molecule has 0 amide bonds. The molecular weight excluding hydrogens is 198 g/mol. The summed E-state index contributed by atoms with van der Waals surface area (Å²) in [6, 6.07) is 11.5. The van der Waals surface area contributed by atoms with Gasteiger partial charge in [-0.05, 0) is 47.9 Å². The maximum Gasteiger partial charge on any atom is 0.123 e. The Balaban J connectivity index is 2.53. The largest absolute Gasteiger partial charge is 0.384 e. The molecule has 16 heavy (non-hydrogen) atoms. The standard InChI is InChI=1S/C13H11N3/c1-9-6-10(8-14)2-3-12(9)11-4-5-16-13(15)7-11/h2-7H,1H3,(H2,15,16). The van der Waals surface area contributed by atoms with Crippen molar-refractivity contribution in [2.75, 3.05) is 5.73 Å². The molecule has 0 spiro atoms. The van der Waals surface area contributed by atoms with Crippen LogP contribution in [-0.4, -0.2) is 4.98 Å². The first kappa shape index (κ1) is 10.2. The van der Waals surface area contributed by atoms with Gasteiger partial charge in [0.2, 0.25) is 0 Å². The SMILES string of the molecule is Cc1cc(C#N)ccc1-c1ccnc(N)c1. The van der Waals surface area contributed by atoms with E-state index in [0.29, 0.717) is 11.4 Å². The molecule has 3 nitrogen and oxygen atoms in total. The minimum atomic E-state index is 0.501. The number of hydrogen-bond donors (Lipinski definition) is 1. The van der Waals surface area contributed by atoms with Crippen molar-refractivity contribution in [2.45, 2.75) is 6.92 Å². The Morgan fingerprint density at radius 3 is 2.69 bits per heavy atom. The zero-order valence-electron chi connectivity index (χ0n) is 8.94. The number of nitrogens with zero attached hydrogens (tertiary/aromatic N) is 2. The normalized spacial score (nSPS) is 9.75. The van der Waals surface area contributed by atoms with Gasteiger partial charge in [0, 0.05) is 6.20 Å². The van der Waals surface area contributed by atoms with E-state index >= 15 is 0 Å². The molecule has 0 atom stereocenters. The quantitative estimate of drug-likeness (QED) is 0.784. The van der Waals surface area contributed by atoms with Gasteiger partial charge in [0.25, 0.3) is 0 Å². The third-order valence-corrected chi connectivity index (χ3v) is 2.45. The Kier molecular flexibility index (Phi) is 2.57. The summed E-state index contributed by atoms with van der Waals surface area (Å²) < 4.78 is 0. The molecule has 2 N–H and O–H groups in total. The molecule has 78 valence electrons. The predicted octanol–water partition coefficient (Wildman–Crippen LogP) is 2.51. The van der Waals surface area contributed by atoms with Gasteiger partial charge in [-0.15, -0.1) is 0 Å². The number of pyridine rings is 1. The van der Waals surface area contributed by atoms with Gasteiger partial charge in [-0.1, -0.05) is 6.07 Å². The maximum absolute atomic E-state index is 8.79. The van der Waals surface area contributed by atoms with Crippen LogP contribution in [0.1, 0.15) is 11.1 Å². The van der Waals surface area contributed by atoms with E-state index in [9.17, 15) is 0 Å². The van der Waals surface area contributed by atoms with E-state index < -0.39 is 0 Å². The molecule has 1 heterocycles. The average molecular weight is 209 g/mol. The number of nitrogens with two attached hydrogens (primary N) is 1. The van der Waals surface area contributed by atoms with Gasteiger partial charge in [0.15, 0.2) is 0 Å². The molecule has 0 aliphatic heterocycles. The second-order valence-electron chi connectivity index (χ2n) is 3.61. The van der Waals surface area contributed by atoms with Gasteiger partial charge in [0.1, 0.15) is 5.82 Å². The number of benzene rings is 1. The van der Waals surface area contributed by atoms with Crippen LogP contribution in [0, 0.1) is 18.3 Å². The lowest BCUT2D eigenvalue weighted by Gasteiger charge is -2.06. The van der Waals surface area contributed by atoms with E-state index in [0.717, 1.165) is 16.7 Å². The molecule has 0 aliphatic rings. The number of aromatic nitrogens is 1. The van der Waals surface area contributed by atoms with Crippen LogP contribution in [0.4, 0.5) is 5.82 Å². The van der Waals surface area contributed by atoms with Crippen molar-refractivity contribution in [1.82, 2.24) is 4.98 Å². The highest BCUT2D eigenvalue weighted by atomic mass is 14.8. The molecular formula is C13H11N3. The first-order valence-corrected chi connectivity index (χ1v) is 4.93. The van der Waals surface area contributed by atoms with E-state index in [-0.39, 0.29) is 0 Å². The highest BCUT2D eigenvalue weighted by Gasteiger charge is 2.03. The summed E-state index contributed by atoms with van der Waals surface area (Å²) >= 11 is 0. The van der Waals surface area contributed by atoms with Crippen LogP contribution in [0.2, 0.25) is 0 Å². The van der Waals surface area contributed by atoms with Crippen molar-refractivity contribution in [2.24, 2.45) is 0 Å². The fourth-order valence-electron chi connectivity index (χ4n) is 1.67. The fraction of sp³-hybridized carbons (Fsp3) is 0.0769. The Morgan fingerprint density at radius 1 is 1.25 bits per heavy atom. The molecule has 1 aromatic heterocycles. The van der Waals surface area contributed by atoms with Gasteiger partial charge in [-0.25, -0.2) is 4.98 Å². The lowest BCUT2D eigenvalue weighted by Crippen LogP contribution is -1.91. The second-order valence-corrected chi connectivity index (χ2v) is 3.61. The first-order valence-electron chi connectivity index (χ1n) is 4.93. The summed E-state index contributed by atoms with van der Waals surface area (Å²) in [5.41, 5.74) is 9.47. The number of hydrogen-bond acceptors (Lipinski definition) is 3. The highest BCUT2D eigenvalue weighted by molar-refractivity contribution is 5.69. The van der Waals surface area contributed by atoms with Crippen LogP contribution in [0.5, 0.6) is 0 Å². The Labute approximate surface area is 94.2 Å². The minimum Gasteiger partial charge on any atom is -0.384 e. The van der Waals surface area contributed by atoms with E-state index in [1.165, 1.54) is 0 Å². The second kappa shape index (κ2) is 4.03. The van der Waals surface area contributed by atoms with Crippen molar-refractivity contribution in [3.63, 3.8) is 0 Å². The first-order chi connectivity index (χ1) is 7.70. The topological polar surface area (TPSA) is 62.7 Å². The molecule has 3 heteroatoms. The van der Waals surface area contributed by atoms with Gasteiger partial charge < -0.3 is 5.73 Å². The molecule has 0 saturated carbocycles. The highest BCUT2D eigenvalue weighted by Crippen LogP contribution is 2.24. The average Bonchev–Trinajstić information content (AvgIpc) is 2.28. The Bertz CT molecular complexity index is 568. The molecule has 0 unspecified atom stereocenters. The summed E-state index contributed by atoms with van der Waals surface area (Å²) in [7, 11) is 0. The number of nitriles is 1. The van der Waals surface area contributed by atoms with E-state index in [1.54, 1.807) is 12.3 Å².